The van der Waals surface area contributed by atoms with Crippen molar-refractivity contribution >= 4 is 11.6 Å². The van der Waals surface area contributed by atoms with Gasteiger partial charge in [-0.1, -0.05) is 24.3 Å². The molecule has 0 aromatic heterocycles. The maximum Gasteiger partial charge on any atom is 0.0507 e. The van der Waals surface area contributed by atoms with Gasteiger partial charge in [0.15, 0.2) is 0 Å². The SMILES string of the molecule is ClCc1ccc(CNCC2CCOC2)cc1. The van der Waals surface area contributed by atoms with Gasteiger partial charge in [-0.15, -0.1) is 11.6 Å². The molecule has 88 valence electrons. The number of nitrogens with one attached hydrogen (secondary N) is 1. The molecular formula is C13H18ClNO. The second-order valence-electron chi connectivity index (χ2n) is 4.31. The molecule has 1 N–H and O–H groups in total. The summed E-state index contributed by atoms with van der Waals surface area (Å²) in [6.07, 6.45) is 1.19. The summed E-state index contributed by atoms with van der Waals surface area (Å²) in [5.74, 6) is 1.29. The van der Waals surface area contributed by atoms with Crippen LogP contribution in [0.15, 0.2) is 24.3 Å². The molecule has 1 aliphatic rings. The van der Waals surface area contributed by atoms with E-state index in [0.29, 0.717) is 11.8 Å². The summed E-state index contributed by atoms with van der Waals surface area (Å²) in [6, 6.07) is 8.44. The van der Waals surface area contributed by atoms with Gasteiger partial charge in [0.2, 0.25) is 0 Å². The summed E-state index contributed by atoms with van der Waals surface area (Å²) < 4.78 is 5.34. The Morgan fingerprint density at radius 2 is 2.00 bits per heavy atom. The normalized spacial score (nSPS) is 20.2. The quantitative estimate of drug-likeness (QED) is 0.798. The summed E-state index contributed by atoms with van der Waals surface area (Å²) in [5, 5.41) is 3.47. The van der Waals surface area contributed by atoms with Crippen LogP contribution in [0.3, 0.4) is 0 Å². The maximum atomic E-state index is 5.74. The molecular weight excluding hydrogens is 222 g/mol. The molecule has 1 aromatic carbocycles. The predicted octanol–water partition coefficient (Wildman–Crippen LogP) is 2.55. The van der Waals surface area contributed by atoms with Crippen molar-refractivity contribution in [1.82, 2.24) is 5.32 Å². The first-order chi connectivity index (χ1) is 7.88. The van der Waals surface area contributed by atoms with Crippen molar-refractivity contribution in [2.75, 3.05) is 19.8 Å². The second-order valence-corrected chi connectivity index (χ2v) is 4.58. The molecule has 16 heavy (non-hydrogen) atoms. The van der Waals surface area contributed by atoms with Crippen molar-refractivity contribution < 1.29 is 4.74 Å². The fourth-order valence-electron chi connectivity index (χ4n) is 1.91. The Kier molecular flexibility index (Phi) is 4.64. The third-order valence-electron chi connectivity index (χ3n) is 2.96. The first kappa shape index (κ1) is 11.9. The highest BCUT2D eigenvalue weighted by molar-refractivity contribution is 6.17. The van der Waals surface area contributed by atoms with Crippen LogP contribution in [0, 0.1) is 5.92 Å². The number of halogens is 1. The molecule has 1 fully saturated rings. The Labute approximate surface area is 102 Å². The smallest absolute Gasteiger partial charge is 0.0507 e. The summed E-state index contributed by atoms with van der Waals surface area (Å²) >= 11 is 5.74. The molecule has 3 heteroatoms. The highest BCUT2D eigenvalue weighted by atomic mass is 35.5. The molecule has 1 aliphatic heterocycles. The van der Waals surface area contributed by atoms with Gasteiger partial charge < -0.3 is 10.1 Å². The van der Waals surface area contributed by atoms with E-state index < -0.39 is 0 Å². The van der Waals surface area contributed by atoms with Crippen LogP contribution < -0.4 is 5.32 Å². The van der Waals surface area contributed by atoms with Crippen LogP contribution in [0.5, 0.6) is 0 Å². The number of hydrogen-bond donors (Lipinski definition) is 1. The molecule has 2 rings (SSSR count). The standard InChI is InChI=1S/C13H18ClNO/c14-7-11-1-3-12(4-2-11)8-15-9-13-5-6-16-10-13/h1-4,13,15H,5-10H2. The van der Waals surface area contributed by atoms with Crippen LogP contribution in [-0.2, 0) is 17.2 Å². The van der Waals surface area contributed by atoms with E-state index in [2.05, 4.69) is 29.6 Å². The Morgan fingerprint density at radius 3 is 2.62 bits per heavy atom. The lowest BCUT2D eigenvalue weighted by molar-refractivity contribution is 0.185. The average molecular weight is 240 g/mol. The topological polar surface area (TPSA) is 21.3 Å². The molecule has 0 bridgehead atoms. The summed E-state index contributed by atoms with van der Waals surface area (Å²) in [7, 11) is 0. The molecule has 1 unspecified atom stereocenters. The fraction of sp³-hybridized carbons (Fsp3) is 0.538. The van der Waals surface area contributed by atoms with Crippen LogP contribution in [-0.4, -0.2) is 19.8 Å². The summed E-state index contributed by atoms with van der Waals surface area (Å²) in [4.78, 5) is 0. The van der Waals surface area contributed by atoms with Gasteiger partial charge in [-0.2, -0.15) is 0 Å². The minimum absolute atomic E-state index is 0.590. The Hall–Kier alpha value is -0.570. The third-order valence-corrected chi connectivity index (χ3v) is 3.27. The Balaban J connectivity index is 1.71. The molecule has 1 saturated heterocycles. The Bertz CT molecular complexity index is 306. The molecule has 1 atom stereocenters. The lowest BCUT2D eigenvalue weighted by Crippen LogP contribution is -2.22. The zero-order chi connectivity index (χ0) is 11.2. The largest absolute Gasteiger partial charge is 0.381 e. The number of rotatable bonds is 5. The highest BCUT2D eigenvalue weighted by Crippen LogP contribution is 2.11. The molecule has 0 aliphatic carbocycles. The van der Waals surface area contributed by atoms with Crippen molar-refractivity contribution in [2.24, 2.45) is 5.92 Å². The van der Waals surface area contributed by atoms with E-state index in [1.807, 2.05) is 0 Å². The number of benzene rings is 1. The average Bonchev–Trinajstić information content (AvgIpc) is 2.83. The van der Waals surface area contributed by atoms with Crippen molar-refractivity contribution in [1.29, 1.82) is 0 Å². The number of alkyl halides is 1. The van der Waals surface area contributed by atoms with E-state index in [-0.39, 0.29) is 0 Å². The van der Waals surface area contributed by atoms with Gasteiger partial charge in [-0.05, 0) is 23.5 Å². The van der Waals surface area contributed by atoms with Crippen molar-refractivity contribution in [3.05, 3.63) is 35.4 Å². The van der Waals surface area contributed by atoms with Crippen LogP contribution in [0.1, 0.15) is 17.5 Å². The first-order valence-electron chi connectivity index (χ1n) is 5.80. The number of ether oxygens (including phenoxy) is 1. The van der Waals surface area contributed by atoms with Crippen molar-refractivity contribution in [3.63, 3.8) is 0 Å². The van der Waals surface area contributed by atoms with Gasteiger partial charge in [0.1, 0.15) is 0 Å². The minimum Gasteiger partial charge on any atom is -0.381 e. The van der Waals surface area contributed by atoms with Gasteiger partial charge >= 0.3 is 0 Å². The van der Waals surface area contributed by atoms with Gasteiger partial charge in [0.05, 0.1) is 6.61 Å². The summed E-state index contributed by atoms with van der Waals surface area (Å²) in [5.41, 5.74) is 2.49. The lowest BCUT2D eigenvalue weighted by Gasteiger charge is -2.09. The fourth-order valence-corrected chi connectivity index (χ4v) is 2.09. The third kappa shape index (κ3) is 3.48. The molecule has 0 saturated carbocycles. The molecule has 0 radical (unpaired) electrons. The lowest BCUT2D eigenvalue weighted by atomic mass is 10.1. The zero-order valence-electron chi connectivity index (χ0n) is 9.42. The van der Waals surface area contributed by atoms with E-state index in [9.17, 15) is 0 Å². The van der Waals surface area contributed by atoms with E-state index in [4.69, 9.17) is 16.3 Å². The Morgan fingerprint density at radius 1 is 1.25 bits per heavy atom. The van der Waals surface area contributed by atoms with Crippen molar-refractivity contribution in [2.45, 2.75) is 18.8 Å². The molecule has 1 aromatic rings. The molecule has 1 heterocycles. The molecule has 0 amide bonds. The zero-order valence-corrected chi connectivity index (χ0v) is 10.2. The van der Waals surface area contributed by atoms with Gasteiger partial charge in [-0.3, -0.25) is 0 Å². The molecule has 2 nitrogen and oxygen atoms in total. The predicted molar refractivity (Wildman–Crippen MR) is 66.6 cm³/mol. The first-order valence-corrected chi connectivity index (χ1v) is 6.34. The van der Waals surface area contributed by atoms with Crippen LogP contribution >= 0.6 is 11.6 Å². The van der Waals surface area contributed by atoms with Gasteiger partial charge in [-0.25, -0.2) is 0 Å². The van der Waals surface area contributed by atoms with E-state index in [1.165, 1.54) is 17.5 Å². The van der Waals surface area contributed by atoms with Gasteiger partial charge in [0.25, 0.3) is 0 Å². The van der Waals surface area contributed by atoms with E-state index in [1.54, 1.807) is 0 Å². The van der Waals surface area contributed by atoms with E-state index >= 15 is 0 Å². The minimum atomic E-state index is 0.590. The molecule has 0 spiro atoms. The van der Waals surface area contributed by atoms with Crippen LogP contribution in [0.4, 0.5) is 0 Å². The van der Waals surface area contributed by atoms with Gasteiger partial charge in [0, 0.05) is 25.6 Å². The van der Waals surface area contributed by atoms with Crippen LogP contribution in [0.2, 0.25) is 0 Å². The summed E-state index contributed by atoms with van der Waals surface area (Å²) in [6.45, 7) is 3.82. The monoisotopic (exact) mass is 239 g/mol. The van der Waals surface area contributed by atoms with Crippen molar-refractivity contribution in [3.8, 4) is 0 Å². The second kappa shape index (κ2) is 6.24. The number of hydrogen-bond acceptors (Lipinski definition) is 2. The highest BCUT2D eigenvalue weighted by Gasteiger charge is 2.14. The van der Waals surface area contributed by atoms with Crippen LogP contribution in [0.25, 0.3) is 0 Å². The maximum absolute atomic E-state index is 5.74. The van der Waals surface area contributed by atoms with E-state index in [0.717, 1.165) is 26.3 Å².